The minimum Gasteiger partial charge on any atom is -0.353 e. The monoisotopic (exact) mass is 353 g/mol. The fourth-order valence-electron chi connectivity index (χ4n) is 5.17. The third-order valence-corrected chi connectivity index (χ3v) is 7.38. The number of H-pyrrole nitrogens is 1. The molecule has 1 amide bonds. The van der Waals surface area contributed by atoms with E-state index in [1.54, 1.807) is 6.07 Å². The van der Waals surface area contributed by atoms with E-state index < -0.39 is 0 Å². The Hall–Kier alpha value is -2.17. The standard InChI is InChI=1S/C21H27N3O2/c1-20(2)13-10-11-21(20,3)16(12-13)23-18(25)9-8-17-22-15-7-5-4-6-14(15)19(26)24-17/h4-7,13,16H,8-12H2,1-3H3,(H,23,25)(H,22,24,26). The van der Waals surface area contributed by atoms with Gasteiger partial charge in [0.25, 0.3) is 5.56 Å². The van der Waals surface area contributed by atoms with Crippen LogP contribution in [0, 0.1) is 16.7 Å². The molecule has 2 bridgehead atoms. The molecule has 3 atom stereocenters. The molecular weight excluding hydrogens is 326 g/mol. The Morgan fingerprint density at radius 1 is 1.31 bits per heavy atom. The van der Waals surface area contributed by atoms with Crippen molar-refractivity contribution in [3.8, 4) is 0 Å². The summed E-state index contributed by atoms with van der Waals surface area (Å²) in [5.74, 6) is 1.33. The summed E-state index contributed by atoms with van der Waals surface area (Å²) < 4.78 is 0. The lowest BCUT2D eigenvalue weighted by atomic mass is 9.69. The van der Waals surface area contributed by atoms with E-state index in [1.165, 1.54) is 12.8 Å². The zero-order valence-electron chi connectivity index (χ0n) is 15.8. The van der Waals surface area contributed by atoms with Crippen molar-refractivity contribution < 1.29 is 4.79 Å². The minimum absolute atomic E-state index is 0.0513. The highest BCUT2D eigenvalue weighted by atomic mass is 16.1. The molecule has 5 heteroatoms. The van der Waals surface area contributed by atoms with E-state index in [-0.39, 0.29) is 28.3 Å². The molecule has 0 radical (unpaired) electrons. The predicted octanol–water partition coefficient (Wildman–Crippen LogP) is 3.19. The Balaban J connectivity index is 1.42. The summed E-state index contributed by atoms with van der Waals surface area (Å²) >= 11 is 0. The van der Waals surface area contributed by atoms with Crippen LogP contribution < -0.4 is 10.9 Å². The van der Waals surface area contributed by atoms with Crippen LogP contribution in [0.15, 0.2) is 29.1 Å². The number of rotatable bonds is 4. The van der Waals surface area contributed by atoms with Crippen LogP contribution >= 0.6 is 0 Å². The van der Waals surface area contributed by atoms with Crippen LogP contribution in [0.5, 0.6) is 0 Å². The number of nitrogens with zero attached hydrogens (tertiary/aromatic N) is 1. The number of fused-ring (bicyclic) bond motifs is 3. The smallest absolute Gasteiger partial charge is 0.258 e. The molecule has 26 heavy (non-hydrogen) atoms. The summed E-state index contributed by atoms with van der Waals surface area (Å²) in [6, 6.07) is 7.53. The molecule has 0 spiro atoms. The largest absolute Gasteiger partial charge is 0.353 e. The van der Waals surface area contributed by atoms with E-state index in [2.05, 4.69) is 36.1 Å². The van der Waals surface area contributed by atoms with Gasteiger partial charge < -0.3 is 10.3 Å². The second-order valence-corrected chi connectivity index (χ2v) is 8.76. The molecule has 0 saturated heterocycles. The van der Waals surface area contributed by atoms with E-state index in [4.69, 9.17) is 0 Å². The van der Waals surface area contributed by atoms with Crippen LogP contribution in [0.2, 0.25) is 0 Å². The average molecular weight is 353 g/mol. The topological polar surface area (TPSA) is 74.8 Å². The van der Waals surface area contributed by atoms with E-state index in [0.29, 0.717) is 35.5 Å². The van der Waals surface area contributed by atoms with Crippen molar-refractivity contribution in [3.05, 3.63) is 40.4 Å². The number of nitrogens with one attached hydrogen (secondary N) is 2. The first kappa shape index (κ1) is 17.3. The number of aromatic amines is 1. The van der Waals surface area contributed by atoms with Crippen molar-refractivity contribution in [1.29, 1.82) is 0 Å². The van der Waals surface area contributed by atoms with Gasteiger partial charge in [0, 0.05) is 18.9 Å². The molecule has 1 aromatic heterocycles. The van der Waals surface area contributed by atoms with Crippen molar-refractivity contribution >= 4 is 16.8 Å². The lowest BCUT2D eigenvalue weighted by molar-refractivity contribution is -0.122. The molecule has 1 heterocycles. The van der Waals surface area contributed by atoms with Gasteiger partial charge in [0.1, 0.15) is 5.82 Å². The van der Waals surface area contributed by atoms with Gasteiger partial charge in [-0.1, -0.05) is 32.9 Å². The summed E-state index contributed by atoms with van der Waals surface area (Å²) in [5.41, 5.74) is 1.00. The van der Waals surface area contributed by atoms with Gasteiger partial charge in [-0.05, 0) is 48.1 Å². The first-order chi connectivity index (χ1) is 12.3. The van der Waals surface area contributed by atoms with Crippen LogP contribution in [0.4, 0.5) is 0 Å². The number of aromatic nitrogens is 2. The highest BCUT2D eigenvalue weighted by molar-refractivity contribution is 5.78. The Bertz CT molecular complexity index is 917. The van der Waals surface area contributed by atoms with Crippen LogP contribution in [0.1, 0.15) is 52.3 Å². The molecule has 2 aliphatic carbocycles. The molecule has 2 saturated carbocycles. The van der Waals surface area contributed by atoms with Gasteiger partial charge in [-0.25, -0.2) is 4.98 Å². The fourth-order valence-corrected chi connectivity index (χ4v) is 5.17. The maximum absolute atomic E-state index is 12.5. The summed E-state index contributed by atoms with van der Waals surface area (Å²) in [4.78, 5) is 31.9. The number of hydrogen-bond acceptors (Lipinski definition) is 3. The van der Waals surface area contributed by atoms with E-state index in [0.717, 1.165) is 6.42 Å². The van der Waals surface area contributed by atoms with Crippen LogP contribution in [-0.2, 0) is 11.2 Å². The second kappa shape index (κ2) is 5.93. The summed E-state index contributed by atoms with van der Waals surface area (Å²) in [6.45, 7) is 7.02. The predicted molar refractivity (Wildman–Crippen MR) is 102 cm³/mol. The molecule has 4 rings (SSSR count). The first-order valence-electron chi connectivity index (χ1n) is 9.58. The number of para-hydroxylation sites is 1. The highest BCUT2D eigenvalue weighted by Crippen LogP contribution is 2.65. The molecule has 5 nitrogen and oxygen atoms in total. The van der Waals surface area contributed by atoms with Gasteiger partial charge in [0.2, 0.25) is 5.91 Å². The van der Waals surface area contributed by atoms with Crippen molar-refractivity contribution in [2.45, 2.75) is 58.9 Å². The van der Waals surface area contributed by atoms with Crippen LogP contribution in [-0.4, -0.2) is 21.9 Å². The summed E-state index contributed by atoms with van der Waals surface area (Å²) in [5, 5.41) is 3.85. The molecule has 0 aliphatic heterocycles. The second-order valence-electron chi connectivity index (χ2n) is 8.76. The SMILES string of the molecule is CC1(C)C2CCC1(C)C(NC(=O)CCc1nc3ccccc3c(=O)[nH]1)C2. The number of carbonyl (C=O) groups excluding carboxylic acids is 1. The van der Waals surface area contributed by atoms with E-state index >= 15 is 0 Å². The minimum atomic E-state index is -0.145. The van der Waals surface area contributed by atoms with Gasteiger partial charge in [-0.15, -0.1) is 0 Å². The third-order valence-electron chi connectivity index (χ3n) is 7.38. The molecular formula is C21H27N3O2. The number of hydrogen-bond donors (Lipinski definition) is 2. The first-order valence-corrected chi connectivity index (χ1v) is 9.58. The Labute approximate surface area is 153 Å². The van der Waals surface area contributed by atoms with Crippen molar-refractivity contribution in [2.75, 3.05) is 0 Å². The van der Waals surface area contributed by atoms with Crippen LogP contribution in [0.25, 0.3) is 10.9 Å². The third kappa shape index (κ3) is 2.56. The number of amides is 1. The van der Waals surface area contributed by atoms with Crippen LogP contribution in [0.3, 0.4) is 0 Å². The molecule has 2 aliphatic rings. The lowest BCUT2D eigenvalue weighted by Crippen LogP contribution is -2.46. The van der Waals surface area contributed by atoms with E-state index in [1.807, 2.05) is 18.2 Å². The summed E-state index contributed by atoms with van der Waals surface area (Å²) in [6.07, 6.45) is 4.34. The Morgan fingerprint density at radius 2 is 2.08 bits per heavy atom. The number of carbonyl (C=O) groups is 1. The molecule has 138 valence electrons. The zero-order chi connectivity index (χ0) is 18.5. The normalized spacial score (nSPS) is 29.2. The van der Waals surface area contributed by atoms with Crippen molar-refractivity contribution in [1.82, 2.24) is 15.3 Å². The zero-order valence-corrected chi connectivity index (χ0v) is 15.8. The van der Waals surface area contributed by atoms with Crippen molar-refractivity contribution in [3.63, 3.8) is 0 Å². The van der Waals surface area contributed by atoms with Gasteiger partial charge in [-0.3, -0.25) is 9.59 Å². The maximum Gasteiger partial charge on any atom is 0.258 e. The Morgan fingerprint density at radius 3 is 2.77 bits per heavy atom. The fraction of sp³-hybridized carbons (Fsp3) is 0.571. The van der Waals surface area contributed by atoms with Gasteiger partial charge >= 0.3 is 0 Å². The maximum atomic E-state index is 12.5. The number of aryl methyl sites for hydroxylation is 1. The van der Waals surface area contributed by atoms with E-state index in [9.17, 15) is 9.59 Å². The van der Waals surface area contributed by atoms with Crippen molar-refractivity contribution in [2.24, 2.45) is 16.7 Å². The molecule has 2 fully saturated rings. The molecule has 1 aromatic carbocycles. The molecule has 2 aromatic rings. The Kier molecular flexibility index (Phi) is 3.94. The van der Waals surface area contributed by atoms with Gasteiger partial charge in [0.05, 0.1) is 10.9 Å². The lowest BCUT2D eigenvalue weighted by Gasteiger charge is -2.39. The number of benzene rings is 1. The van der Waals surface area contributed by atoms with Gasteiger partial charge in [0.15, 0.2) is 0 Å². The summed E-state index contributed by atoms with van der Waals surface area (Å²) in [7, 11) is 0. The highest BCUT2D eigenvalue weighted by Gasteiger charge is 2.61. The molecule has 2 N–H and O–H groups in total. The quantitative estimate of drug-likeness (QED) is 0.886. The van der Waals surface area contributed by atoms with Gasteiger partial charge in [-0.2, -0.15) is 0 Å². The average Bonchev–Trinajstić information content (AvgIpc) is 2.93. The molecule has 3 unspecified atom stereocenters.